The van der Waals surface area contributed by atoms with E-state index < -0.39 is 23.8 Å². The number of nitrogens with zero attached hydrogens (tertiary/aromatic N) is 1. The van der Waals surface area contributed by atoms with Crippen molar-refractivity contribution in [3.05, 3.63) is 23.5 Å². The van der Waals surface area contributed by atoms with E-state index in [9.17, 15) is 19.8 Å². The highest BCUT2D eigenvalue weighted by molar-refractivity contribution is 6.26. The number of amides is 1. The molecular formula is C19H27NO4. The molecule has 0 radical (unpaired) electrons. The van der Waals surface area contributed by atoms with Gasteiger partial charge in [0.25, 0.3) is 5.91 Å². The third-order valence-electron chi connectivity index (χ3n) is 6.06. The van der Waals surface area contributed by atoms with E-state index in [1.807, 2.05) is 6.92 Å². The van der Waals surface area contributed by atoms with Crippen LogP contribution in [0.2, 0.25) is 0 Å². The third kappa shape index (κ3) is 2.59. The van der Waals surface area contributed by atoms with Gasteiger partial charge in [-0.15, -0.1) is 0 Å². The zero-order valence-electron chi connectivity index (χ0n) is 14.6. The molecule has 0 bridgehead atoms. The Labute approximate surface area is 143 Å². The lowest BCUT2D eigenvalue weighted by molar-refractivity contribution is -0.128. The number of carbonyl (C=O) groups excluding carboxylic acids is 2. The second-order valence-electron chi connectivity index (χ2n) is 7.61. The second kappa shape index (κ2) is 6.36. The Kier molecular flexibility index (Phi) is 4.56. The van der Waals surface area contributed by atoms with Crippen LogP contribution >= 0.6 is 0 Å². The van der Waals surface area contributed by atoms with Crippen molar-refractivity contribution < 1.29 is 19.8 Å². The van der Waals surface area contributed by atoms with Gasteiger partial charge < -0.3 is 15.1 Å². The molecule has 3 rings (SSSR count). The zero-order valence-corrected chi connectivity index (χ0v) is 14.6. The van der Waals surface area contributed by atoms with Crippen molar-refractivity contribution in [3.8, 4) is 0 Å². The smallest absolute Gasteiger partial charge is 0.261 e. The monoisotopic (exact) mass is 333 g/mol. The van der Waals surface area contributed by atoms with Gasteiger partial charge in [-0.25, -0.2) is 0 Å². The number of likely N-dealkylation sites (tertiary alicyclic amines) is 1. The highest BCUT2D eigenvalue weighted by atomic mass is 16.3. The lowest BCUT2D eigenvalue weighted by Gasteiger charge is -2.41. The number of Topliss-reactive ketones (excluding diaryl/α,β-unsaturated/α-hetero) is 1. The van der Waals surface area contributed by atoms with E-state index in [4.69, 9.17) is 0 Å². The van der Waals surface area contributed by atoms with Gasteiger partial charge in [0.15, 0.2) is 5.78 Å². The SMILES string of the molecule is CC(O)C1C(=O)C(=C(O)C2C(C)C=CC3CCCCC32)C(=O)N1C. The molecule has 6 unspecified atom stereocenters. The van der Waals surface area contributed by atoms with Gasteiger partial charge in [0.2, 0.25) is 0 Å². The summed E-state index contributed by atoms with van der Waals surface area (Å²) in [6.45, 7) is 3.53. The molecule has 1 saturated carbocycles. The first-order valence-corrected chi connectivity index (χ1v) is 8.95. The topological polar surface area (TPSA) is 77.8 Å². The molecule has 6 atom stereocenters. The number of allylic oxidation sites excluding steroid dienone is 3. The van der Waals surface area contributed by atoms with Crippen molar-refractivity contribution in [1.82, 2.24) is 4.90 Å². The predicted octanol–water partition coefficient (Wildman–Crippen LogP) is 2.22. The summed E-state index contributed by atoms with van der Waals surface area (Å²) in [6.07, 6.45) is 7.82. The van der Waals surface area contributed by atoms with Gasteiger partial charge in [0, 0.05) is 13.0 Å². The number of ketones is 1. The standard InChI is InChI=1S/C19H27NO4/c1-10-8-9-12-6-4-5-7-13(12)14(10)17(22)15-18(23)16(11(2)21)20(3)19(15)24/h8-14,16,21-22H,4-7H2,1-3H3. The summed E-state index contributed by atoms with van der Waals surface area (Å²) in [5.41, 5.74) is -0.111. The van der Waals surface area contributed by atoms with Crippen molar-refractivity contribution in [2.75, 3.05) is 7.05 Å². The Morgan fingerprint density at radius 2 is 1.92 bits per heavy atom. The normalized spacial score (nSPS) is 39.8. The zero-order chi connectivity index (χ0) is 17.6. The average Bonchev–Trinajstić information content (AvgIpc) is 2.76. The molecule has 5 nitrogen and oxygen atoms in total. The summed E-state index contributed by atoms with van der Waals surface area (Å²) in [5, 5.41) is 20.8. The summed E-state index contributed by atoms with van der Waals surface area (Å²) in [5.74, 6) is -0.393. The maximum absolute atomic E-state index is 12.7. The van der Waals surface area contributed by atoms with Gasteiger partial charge in [-0.3, -0.25) is 9.59 Å². The largest absolute Gasteiger partial charge is 0.511 e. The molecule has 1 aliphatic heterocycles. The van der Waals surface area contributed by atoms with Crippen LogP contribution in [-0.2, 0) is 9.59 Å². The van der Waals surface area contributed by atoms with Crippen molar-refractivity contribution in [1.29, 1.82) is 0 Å². The molecule has 0 aromatic heterocycles. The number of hydrogen-bond acceptors (Lipinski definition) is 4. The van der Waals surface area contributed by atoms with Crippen LogP contribution in [-0.4, -0.2) is 46.0 Å². The molecule has 0 spiro atoms. The van der Waals surface area contributed by atoms with Gasteiger partial charge in [-0.05, 0) is 37.5 Å². The third-order valence-corrected chi connectivity index (χ3v) is 6.06. The molecule has 2 aliphatic carbocycles. The Bertz CT molecular complexity index is 606. The Morgan fingerprint density at radius 1 is 1.25 bits per heavy atom. The van der Waals surface area contributed by atoms with Crippen LogP contribution < -0.4 is 0 Å². The lowest BCUT2D eigenvalue weighted by Crippen LogP contribution is -2.40. The fourth-order valence-electron chi connectivity index (χ4n) is 4.83. The number of likely N-dealkylation sites (N-methyl/N-ethyl adjacent to an activating group) is 1. The molecule has 1 saturated heterocycles. The van der Waals surface area contributed by atoms with Crippen LogP contribution in [0.1, 0.15) is 39.5 Å². The molecule has 2 N–H and O–H groups in total. The molecule has 0 aromatic rings. The van der Waals surface area contributed by atoms with Crippen LogP contribution in [0, 0.1) is 23.7 Å². The molecule has 5 heteroatoms. The number of aliphatic hydroxyl groups is 2. The van der Waals surface area contributed by atoms with Crippen LogP contribution in [0.4, 0.5) is 0 Å². The van der Waals surface area contributed by atoms with Crippen molar-refractivity contribution in [3.63, 3.8) is 0 Å². The van der Waals surface area contributed by atoms with Crippen molar-refractivity contribution in [2.24, 2.45) is 23.7 Å². The summed E-state index contributed by atoms with van der Waals surface area (Å²) in [7, 11) is 1.51. The number of carbonyl (C=O) groups is 2. The number of aliphatic hydroxyl groups excluding tert-OH is 2. The Hall–Kier alpha value is -1.62. The van der Waals surface area contributed by atoms with E-state index in [1.54, 1.807) is 0 Å². The fourth-order valence-corrected chi connectivity index (χ4v) is 4.83. The first-order chi connectivity index (χ1) is 11.3. The summed E-state index contributed by atoms with van der Waals surface area (Å²) in [6, 6.07) is -0.897. The summed E-state index contributed by atoms with van der Waals surface area (Å²) < 4.78 is 0. The average molecular weight is 333 g/mol. The van der Waals surface area contributed by atoms with Gasteiger partial charge in [0.05, 0.1) is 6.10 Å². The Balaban J connectivity index is 2.01. The van der Waals surface area contributed by atoms with Gasteiger partial charge in [0.1, 0.15) is 17.4 Å². The molecule has 24 heavy (non-hydrogen) atoms. The van der Waals surface area contributed by atoms with Crippen molar-refractivity contribution in [2.45, 2.75) is 51.7 Å². The van der Waals surface area contributed by atoms with E-state index in [0.717, 1.165) is 19.3 Å². The molecular weight excluding hydrogens is 306 g/mol. The molecule has 2 fully saturated rings. The number of hydrogen-bond donors (Lipinski definition) is 2. The Morgan fingerprint density at radius 3 is 2.54 bits per heavy atom. The molecule has 1 amide bonds. The first-order valence-electron chi connectivity index (χ1n) is 8.95. The van der Waals surface area contributed by atoms with Gasteiger partial charge >= 0.3 is 0 Å². The molecule has 1 heterocycles. The minimum atomic E-state index is -0.956. The minimum absolute atomic E-state index is 0.0613. The fraction of sp³-hybridized carbons (Fsp3) is 0.684. The van der Waals surface area contributed by atoms with Crippen LogP contribution in [0.15, 0.2) is 23.5 Å². The maximum atomic E-state index is 12.7. The predicted molar refractivity (Wildman–Crippen MR) is 90.1 cm³/mol. The quantitative estimate of drug-likeness (QED) is 0.351. The number of rotatable bonds is 2. The van der Waals surface area contributed by atoms with Crippen LogP contribution in [0.3, 0.4) is 0 Å². The van der Waals surface area contributed by atoms with E-state index in [-0.39, 0.29) is 29.1 Å². The van der Waals surface area contributed by atoms with E-state index >= 15 is 0 Å². The molecule has 132 valence electrons. The minimum Gasteiger partial charge on any atom is -0.511 e. The summed E-state index contributed by atoms with van der Waals surface area (Å²) >= 11 is 0. The van der Waals surface area contributed by atoms with Gasteiger partial charge in [-0.2, -0.15) is 0 Å². The van der Waals surface area contributed by atoms with Gasteiger partial charge in [-0.1, -0.05) is 31.9 Å². The number of fused-ring (bicyclic) bond motifs is 1. The molecule has 3 aliphatic rings. The highest BCUT2D eigenvalue weighted by Gasteiger charge is 2.48. The first kappa shape index (κ1) is 17.2. The van der Waals surface area contributed by atoms with E-state index in [0.29, 0.717) is 5.92 Å². The lowest BCUT2D eigenvalue weighted by atomic mass is 9.64. The van der Waals surface area contributed by atoms with Crippen molar-refractivity contribution >= 4 is 11.7 Å². The summed E-state index contributed by atoms with van der Waals surface area (Å²) in [4.78, 5) is 26.4. The van der Waals surface area contributed by atoms with E-state index in [1.165, 1.54) is 25.3 Å². The maximum Gasteiger partial charge on any atom is 0.261 e. The molecule has 0 aromatic carbocycles. The highest BCUT2D eigenvalue weighted by Crippen LogP contribution is 2.46. The van der Waals surface area contributed by atoms with E-state index in [2.05, 4.69) is 12.2 Å². The van der Waals surface area contributed by atoms with Crippen LogP contribution in [0.25, 0.3) is 0 Å². The van der Waals surface area contributed by atoms with Crippen LogP contribution in [0.5, 0.6) is 0 Å². The second-order valence-corrected chi connectivity index (χ2v) is 7.61.